The zero-order valence-corrected chi connectivity index (χ0v) is 18.2. The van der Waals surface area contributed by atoms with Gasteiger partial charge in [0.05, 0.1) is 23.2 Å². The number of rotatable bonds is 6. The number of ether oxygens (including phenoxy) is 2. The van der Waals surface area contributed by atoms with Crippen LogP contribution in [0.4, 0.5) is 0 Å². The first-order valence-corrected chi connectivity index (χ1v) is 10.7. The molecule has 3 unspecified atom stereocenters. The first-order valence-electron chi connectivity index (χ1n) is 10.7. The lowest BCUT2D eigenvalue weighted by atomic mass is 9.62. The van der Waals surface area contributed by atoms with Gasteiger partial charge >= 0.3 is 5.63 Å². The van der Waals surface area contributed by atoms with Crippen molar-refractivity contribution in [1.82, 2.24) is 0 Å². The molecule has 4 nitrogen and oxygen atoms in total. The molecule has 29 heavy (non-hydrogen) atoms. The Kier molecular flexibility index (Phi) is 5.10. The average molecular weight is 397 g/mol. The second-order valence-electron chi connectivity index (χ2n) is 9.61. The molecule has 4 rings (SSSR count). The molecule has 1 aromatic heterocycles. The molecule has 1 aromatic carbocycles. The van der Waals surface area contributed by atoms with E-state index in [9.17, 15) is 4.79 Å². The van der Waals surface area contributed by atoms with Gasteiger partial charge in [-0.25, -0.2) is 4.79 Å². The molecule has 0 amide bonds. The summed E-state index contributed by atoms with van der Waals surface area (Å²) in [4.78, 5) is 11.8. The lowest BCUT2D eigenvalue weighted by Crippen LogP contribution is -2.40. The van der Waals surface area contributed by atoms with Crippen LogP contribution in [0, 0.1) is 18.3 Å². The predicted octanol–water partition coefficient (Wildman–Crippen LogP) is 5.80. The SMILES string of the molecule is CC(=CCOc1cc(=O)oc2cccc(C)c12)CCC1C2(C)CCC(O2)C1(C)C. The van der Waals surface area contributed by atoms with E-state index in [-0.39, 0.29) is 16.6 Å². The number of hydrogen-bond donors (Lipinski definition) is 0. The smallest absolute Gasteiger partial charge is 0.339 e. The fraction of sp³-hybridized carbons (Fsp3) is 0.560. The molecule has 0 saturated carbocycles. The second kappa shape index (κ2) is 7.32. The fourth-order valence-corrected chi connectivity index (χ4v) is 5.55. The monoisotopic (exact) mass is 396 g/mol. The fourth-order valence-electron chi connectivity index (χ4n) is 5.55. The third-order valence-electron chi connectivity index (χ3n) is 7.22. The van der Waals surface area contributed by atoms with Crippen molar-refractivity contribution in [2.24, 2.45) is 11.3 Å². The lowest BCUT2D eigenvalue weighted by molar-refractivity contribution is 0.00469. The summed E-state index contributed by atoms with van der Waals surface area (Å²) in [6, 6.07) is 7.12. The summed E-state index contributed by atoms with van der Waals surface area (Å²) in [5, 5.41) is 0.868. The highest BCUT2D eigenvalue weighted by molar-refractivity contribution is 5.86. The molecule has 4 heteroatoms. The minimum atomic E-state index is -0.384. The van der Waals surface area contributed by atoms with Crippen LogP contribution in [0.15, 0.2) is 45.1 Å². The minimum Gasteiger partial charge on any atom is -0.488 e. The Hall–Kier alpha value is -2.07. The summed E-state index contributed by atoms with van der Waals surface area (Å²) >= 11 is 0. The molecule has 0 radical (unpaired) electrons. The zero-order chi connectivity index (χ0) is 20.8. The summed E-state index contributed by atoms with van der Waals surface area (Å²) in [6.45, 7) is 11.6. The van der Waals surface area contributed by atoms with Crippen LogP contribution in [0.1, 0.15) is 58.9 Å². The van der Waals surface area contributed by atoms with Gasteiger partial charge in [-0.2, -0.15) is 0 Å². The standard InChI is InChI=1S/C25H32O4/c1-16(9-10-20-24(3,4)21-11-13-25(20,5)29-21)12-14-27-19-15-22(26)28-18-8-6-7-17(2)23(18)19/h6-8,12,15,20-21H,9-11,13-14H2,1-5H3. The van der Waals surface area contributed by atoms with E-state index in [1.54, 1.807) is 6.07 Å². The van der Waals surface area contributed by atoms with Crippen molar-refractivity contribution in [2.45, 2.75) is 72.0 Å². The van der Waals surface area contributed by atoms with E-state index in [1.807, 2.05) is 19.1 Å². The van der Waals surface area contributed by atoms with E-state index in [0.717, 1.165) is 23.8 Å². The normalized spacial score (nSPS) is 28.2. The molecule has 0 spiro atoms. The highest BCUT2D eigenvalue weighted by Crippen LogP contribution is 2.59. The molecule has 2 bridgehead atoms. The summed E-state index contributed by atoms with van der Waals surface area (Å²) in [5.74, 6) is 1.18. The van der Waals surface area contributed by atoms with Crippen molar-refractivity contribution in [3.63, 3.8) is 0 Å². The third-order valence-corrected chi connectivity index (χ3v) is 7.22. The van der Waals surface area contributed by atoms with Gasteiger partial charge in [0.2, 0.25) is 0 Å². The largest absolute Gasteiger partial charge is 0.488 e. The Labute approximate surface area is 172 Å². The molecule has 0 aliphatic carbocycles. The second-order valence-corrected chi connectivity index (χ2v) is 9.61. The van der Waals surface area contributed by atoms with Crippen molar-refractivity contribution in [1.29, 1.82) is 0 Å². The van der Waals surface area contributed by atoms with Gasteiger partial charge < -0.3 is 13.9 Å². The van der Waals surface area contributed by atoms with E-state index < -0.39 is 0 Å². The molecule has 2 aromatic rings. The molecule has 2 fully saturated rings. The van der Waals surface area contributed by atoms with Crippen LogP contribution in [0.25, 0.3) is 11.0 Å². The Morgan fingerprint density at radius 1 is 1.31 bits per heavy atom. The molecule has 2 aliphatic heterocycles. The van der Waals surface area contributed by atoms with Crippen LogP contribution in [-0.4, -0.2) is 18.3 Å². The van der Waals surface area contributed by atoms with Crippen LogP contribution in [0.5, 0.6) is 5.75 Å². The Bertz CT molecular complexity index is 995. The van der Waals surface area contributed by atoms with Gasteiger partial charge in [0.25, 0.3) is 0 Å². The van der Waals surface area contributed by atoms with Gasteiger partial charge in [-0.3, -0.25) is 0 Å². The van der Waals surface area contributed by atoms with Gasteiger partial charge in [-0.15, -0.1) is 0 Å². The summed E-state index contributed by atoms with van der Waals surface area (Å²) in [6.07, 6.45) is 7.09. The van der Waals surface area contributed by atoms with E-state index >= 15 is 0 Å². The number of hydrogen-bond acceptors (Lipinski definition) is 4. The molecule has 0 N–H and O–H groups in total. The zero-order valence-electron chi connectivity index (χ0n) is 18.2. The molecule has 2 saturated heterocycles. The Morgan fingerprint density at radius 3 is 2.83 bits per heavy atom. The van der Waals surface area contributed by atoms with E-state index in [2.05, 4.69) is 33.8 Å². The molecule has 3 atom stereocenters. The first-order chi connectivity index (χ1) is 13.7. The molecule has 3 heterocycles. The molecule has 156 valence electrons. The van der Waals surface area contributed by atoms with Crippen molar-refractivity contribution >= 4 is 11.0 Å². The van der Waals surface area contributed by atoms with Crippen molar-refractivity contribution in [2.75, 3.05) is 6.61 Å². The maximum atomic E-state index is 11.8. The van der Waals surface area contributed by atoms with Crippen LogP contribution in [0.2, 0.25) is 0 Å². The van der Waals surface area contributed by atoms with Crippen LogP contribution in [-0.2, 0) is 4.74 Å². The van der Waals surface area contributed by atoms with Crippen molar-refractivity contribution < 1.29 is 13.9 Å². The maximum absolute atomic E-state index is 11.8. The number of benzene rings is 1. The third kappa shape index (κ3) is 3.63. The highest BCUT2D eigenvalue weighted by atomic mass is 16.5. The van der Waals surface area contributed by atoms with Gasteiger partial charge in [0, 0.05) is 0 Å². The van der Waals surface area contributed by atoms with Crippen molar-refractivity contribution in [3.8, 4) is 5.75 Å². The average Bonchev–Trinajstić information content (AvgIpc) is 3.12. The maximum Gasteiger partial charge on any atom is 0.339 e. The molecule has 2 aliphatic rings. The topological polar surface area (TPSA) is 48.7 Å². The van der Waals surface area contributed by atoms with E-state index in [4.69, 9.17) is 13.9 Å². The minimum absolute atomic E-state index is 0.0411. The van der Waals surface area contributed by atoms with Crippen LogP contribution < -0.4 is 10.4 Å². The van der Waals surface area contributed by atoms with Gasteiger partial charge in [0.1, 0.15) is 17.9 Å². The predicted molar refractivity (Wildman–Crippen MR) is 115 cm³/mol. The number of allylic oxidation sites excluding steroid dienone is 1. The first kappa shape index (κ1) is 20.2. The van der Waals surface area contributed by atoms with Crippen LogP contribution >= 0.6 is 0 Å². The molecular formula is C25H32O4. The molecular weight excluding hydrogens is 364 g/mol. The van der Waals surface area contributed by atoms with Crippen molar-refractivity contribution in [3.05, 3.63) is 51.9 Å². The quantitative estimate of drug-likeness (QED) is 0.457. The Balaban J connectivity index is 1.41. The van der Waals surface area contributed by atoms with Gasteiger partial charge in [-0.1, -0.05) is 31.6 Å². The number of fused-ring (bicyclic) bond motifs is 3. The summed E-state index contributed by atoms with van der Waals surface area (Å²) < 4.78 is 17.6. The van der Waals surface area contributed by atoms with Gasteiger partial charge in [-0.05, 0) is 75.5 Å². The van der Waals surface area contributed by atoms with Gasteiger partial charge in [0.15, 0.2) is 0 Å². The van der Waals surface area contributed by atoms with E-state index in [1.165, 1.54) is 24.5 Å². The Morgan fingerprint density at radius 2 is 2.10 bits per heavy atom. The van der Waals surface area contributed by atoms with E-state index in [0.29, 0.717) is 30.0 Å². The van der Waals surface area contributed by atoms with Crippen LogP contribution in [0.3, 0.4) is 0 Å². The number of aryl methyl sites for hydroxylation is 1. The summed E-state index contributed by atoms with van der Waals surface area (Å²) in [5.41, 5.74) is 2.83. The lowest BCUT2D eigenvalue weighted by Gasteiger charge is -2.39. The highest BCUT2D eigenvalue weighted by Gasteiger charge is 2.60. The summed E-state index contributed by atoms with van der Waals surface area (Å²) in [7, 11) is 0.